The average Bonchev–Trinajstić information content (AvgIpc) is 3.03. The van der Waals surface area contributed by atoms with Crippen molar-refractivity contribution in [2.45, 2.75) is 32.4 Å². The van der Waals surface area contributed by atoms with E-state index in [2.05, 4.69) is 27.8 Å². The minimum atomic E-state index is 0.425. The molecule has 1 aromatic heterocycles. The van der Waals surface area contributed by atoms with Crippen LogP contribution in [0.4, 0.5) is 0 Å². The van der Waals surface area contributed by atoms with E-state index in [1.165, 1.54) is 12.8 Å². The van der Waals surface area contributed by atoms with Gasteiger partial charge in [-0.2, -0.15) is 0 Å². The van der Waals surface area contributed by atoms with Crippen molar-refractivity contribution in [3.63, 3.8) is 0 Å². The van der Waals surface area contributed by atoms with Crippen molar-refractivity contribution in [3.05, 3.63) is 5.82 Å². The van der Waals surface area contributed by atoms with Gasteiger partial charge in [0.2, 0.25) is 0 Å². The number of nitrogens with zero attached hydrogens (tertiary/aromatic N) is 4. The Morgan fingerprint density at radius 3 is 3.06 bits per heavy atom. The molecule has 2 rings (SSSR count). The number of aromatic nitrogens is 4. The van der Waals surface area contributed by atoms with E-state index < -0.39 is 0 Å². The zero-order valence-electron chi connectivity index (χ0n) is 9.89. The van der Waals surface area contributed by atoms with Gasteiger partial charge >= 0.3 is 0 Å². The standard InChI is InChI=1S/C10H19N5O/c1-8(9-3-4-9)15-10(12-13-14-15)7-11-5-6-16-2/h8-9,11H,3-7H2,1-2H3. The van der Waals surface area contributed by atoms with Crippen molar-refractivity contribution < 1.29 is 4.74 Å². The van der Waals surface area contributed by atoms with E-state index in [-0.39, 0.29) is 0 Å². The van der Waals surface area contributed by atoms with Gasteiger partial charge in [-0.25, -0.2) is 4.68 Å². The predicted octanol–water partition coefficient (Wildman–Crippen LogP) is 0.380. The van der Waals surface area contributed by atoms with Crippen molar-refractivity contribution in [1.29, 1.82) is 0 Å². The summed E-state index contributed by atoms with van der Waals surface area (Å²) < 4.78 is 6.91. The van der Waals surface area contributed by atoms with E-state index in [9.17, 15) is 0 Å². The fraction of sp³-hybridized carbons (Fsp3) is 0.900. The van der Waals surface area contributed by atoms with Crippen LogP contribution in [0.15, 0.2) is 0 Å². The molecule has 0 aromatic carbocycles. The van der Waals surface area contributed by atoms with E-state index in [1.54, 1.807) is 7.11 Å². The maximum absolute atomic E-state index is 4.97. The first-order valence-electron chi connectivity index (χ1n) is 5.79. The normalized spacial score (nSPS) is 17.6. The molecule has 6 heteroatoms. The summed E-state index contributed by atoms with van der Waals surface area (Å²) in [4.78, 5) is 0. The van der Waals surface area contributed by atoms with Crippen molar-refractivity contribution in [3.8, 4) is 0 Å². The Balaban J connectivity index is 1.85. The van der Waals surface area contributed by atoms with E-state index in [0.717, 1.165) is 18.3 Å². The molecule has 0 aliphatic heterocycles. The van der Waals surface area contributed by atoms with E-state index >= 15 is 0 Å². The second kappa shape index (κ2) is 5.36. The van der Waals surface area contributed by atoms with Crippen molar-refractivity contribution in [2.24, 2.45) is 5.92 Å². The van der Waals surface area contributed by atoms with Gasteiger partial charge in [0.15, 0.2) is 5.82 Å². The summed E-state index contributed by atoms with van der Waals surface area (Å²) in [5.74, 6) is 1.68. The lowest BCUT2D eigenvalue weighted by atomic mass is 10.2. The maximum atomic E-state index is 4.97. The molecule has 6 nitrogen and oxygen atoms in total. The third-order valence-electron chi connectivity index (χ3n) is 3.02. The van der Waals surface area contributed by atoms with Crippen molar-refractivity contribution in [1.82, 2.24) is 25.5 Å². The van der Waals surface area contributed by atoms with Crippen LogP contribution in [0.2, 0.25) is 0 Å². The number of rotatable bonds is 7. The van der Waals surface area contributed by atoms with Gasteiger partial charge in [0.1, 0.15) is 0 Å². The van der Waals surface area contributed by atoms with Crippen LogP contribution in [0.5, 0.6) is 0 Å². The summed E-state index contributed by atoms with van der Waals surface area (Å²) in [7, 11) is 1.70. The van der Waals surface area contributed by atoms with Crippen LogP contribution < -0.4 is 5.32 Å². The second-order valence-corrected chi connectivity index (χ2v) is 4.29. The summed E-state index contributed by atoms with van der Waals surface area (Å²) in [6.45, 7) is 4.42. The van der Waals surface area contributed by atoms with Gasteiger partial charge in [0, 0.05) is 13.7 Å². The summed E-state index contributed by atoms with van der Waals surface area (Å²) in [6.07, 6.45) is 2.61. The third kappa shape index (κ3) is 2.76. The summed E-state index contributed by atoms with van der Waals surface area (Å²) in [5.41, 5.74) is 0. The maximum Gasteiger partial charge on any atom is 0.165 e. The fourth-order valence-corrected chi connectivity index (χ4v) is 1.80. The van der Waals surface area contributed by atoms with Crippen LogP contribution in [-0.2, 0) is 11.3 Å². The third-order valence-corrected chi connectivity index (χ3v) is 3.02. The van der Waals surface area contributed by atoms with Crippen LogP contribution in [-0.4, -0.2) is 40.5 Å². The molecule has 16 heavy (non-hydrogen) atoms. The Labute approximate surface area is 95.4 Å². The molecule has 0 saturated heterocycles. The molecule has 0 spiro atoms. The molecule has 1 aromatic rings. The zero-order chi connectivity index (χ0) is 11.4. The Morgan fingerprint density at radius 1 is 1.56 bits per heavy atom. The molecule has 1 N–H and O–H groups in total. The Kier molecular flexibility index (Phi) is 3.84. The number of methoxy groups -OCH3 is 1. The SMILES string of the molecule is COCCNCc1nnnn1C(C)C1CC1. The first-order valence-corrected chi connectivity index (χ1v) is 5.79. The minimum absolute atomic E-state index is 0.425. The molecule has 1 atom stereocenters. The van der Waals surface area contributed by atoms with Crippen LogP contribution in [0.3, 0.4) is 0 Å². The van der Waals surface area contributed by atoms with Gasteiger partial charge in [0.05, 0.1) is 19.2 Å². The average molecular weight is 225 g/mol. The Hall–Kier alpha value is -1.01. The highest BCUT2D eigenvalue weighted by atomic mass is 16.5. The number of ether oxygens (including phenoxy) is 1. The second-order valence-electron chi connectivity index (χ2n) is 4.29. The highest BCUT2D eigenvalue weighted by molar-refractivity contribution is 4.89. The molecular weight excluding hydrogens is 206 g/mol. The molecule has 1 fully saturated rings. The molecule has 0 amide bonds. The predicted molar refractivity (Wildman–Crippen MR) is 58.8 cm³/mol. The number of tetrazole rings is 1. The van der Waals surface area contributed by atoms with Crippen LogP contribution in [0, 0.1) is 5.92 Å². The highest BCUT2D eigenvalue weighted by Crippen LogP contribution is 2.39. The lowest BCUT2D eigenvalue weighted by Gasteiger charge is -2.12. The van der Waals surface area contributed by atoms with Gasteiger partial charge < -0.3 is 10.1 Å². The molecule has 1 heterocycles. The lowest BCUT2D eigenvalue weighted by Crippen LogP contribution is -2.23. The van der Waals surface area contributed by atoms with E-state index in [0.29, 0.717) is 19.2 Å². The smallest absolute Gasteiger partial charge is 0.165 e. The van der Waals surface area contributed by atoms with E-state index in [1.807, 2.05) is 4.68 Å². The highest BCUT2D eigenvalue weighted by Gasteiger charge is 2.31. The van der Waals surface area contributed by atoms with Crippen molar-refractivity contribution >= 4 is 0 Å². The molecule has 90 valence electrons. The van der Waals surface area contributed by atoms with Crippen LogP contribution in [0.1, 0.15) is 31.6 Å². The first kappa shape index (κ1) is 11.5. The Morgan fingerprint density at radius 2 is 2.38 bits per heavy atom. The number of hydrogen-bond acceptors (Lipinski definition) is 5. The molecule has 0 radical (unpaired) electrons. The minimum Gasteiger partial charge on any atom is -0.383 e. The zero-order valence-corrected chi connectivity index (χ0v) is 9.89. The van der Waals surface area contributed by atoms with Crippen LogP contribution in [0.25, 0.3) is 0 Å². The van der Waals surface area contributed by atoms with Gasteiger partial charge in [0.25, 0.3) is 0 Å². The van der Waals surface area contributed by atoms with Crippen molar-refractivity contribution in [2.75, 3.05) is 20.3 Å². The molecule has 1 saturated carbocycles. The molecule has 1 aliphatic rings. The topological polar surface area (TPSA) is 64.9 Å². The molecule has 0 bridgehead atoms. The van der Waals surface area contributed by atoms with Gasteiger partial charge in [-0.1, -0.05) is 0 Å². The largest absolute Gasteiger partial charge is 0.383 e. The van der Waals surface area contributed by atoms with Gasteiger partial charge in [-0.15, -0.1) is 5.10 Å². The van der Waals surface area contributed by atoms with Gasteiger partial charge in [-0.05, 0) is 36.1 Å². The van der Waals surface area contributed by atoms with E-state index in [4.69, 9.17) is 4.74 Å². The number of hydrogen-bond donors (Lipinski definition) is 1. The first-order chi connectivity index (χ1) is 7.83. The summed E-state index contributed by atoms with van der Waals surface area (Å²) in [5, 5.41) is 15.1. The molecular formula is C10H19N5O. The quantitative estimate of drug-likeness (QED) is 0.680. The monoisotopic (exact) mass is 225 g/mol. The summed E-state index contributed by atoms with van der Waals surface area (Å²) in [6, 6.07) is 0.425. The van der Waals surface area contributed by atoms with Gasteiger partial charge in [-0.3, -0.25) is 0 Å². The fourth-order valence-electron chi connectivity index (χ4n) is 1.80. The molecule has 1 unspecified atom stereocenters. The molecule has 1 aliphatic carbocycles. The Bertz CT molecular complexity index is 323. The van der Waals surface area contributed by atoms with Crippen LogP contribution >= 0.6 is 0 Å². The lowest BCUT2D eigenvalue weighted by molar-refractivity contribution is 0.198. The summed E-state index contributed by atoms with van der Waals surface area (Å²) >= 11 is 0. The number of nitrogens with one attached hydrogen (secondary N) is 1.